The van der Waals surface area contributed by atoms with E-state index in [4.69, 9.17) is 9.47 Å². The van der Waals surface area contributed by atoms with Gasteiger partial charge in [-0.05, 0) is 25.7 Å². The summed E-state index contributed by atoms with van der Waals surface area (Å²) in [7, 11) is 1.55. The van der Waals surface area contributed by atoms with Crippen molar-refractivity contribution in [2.45, 2.75) is 58.4 Å². The first kappa shape index (κ1) is 22.6. The van der Waals surface area contributed by atoms with E-state index in [0.29, 0.717) is 45.0 Å². The fraction of sp³-hybridized carbons (Fsp3) is 0.842. The molecule has 26 heavy (non-hydrogen) atoms. The molecule has 7 heteroatoms. The average Bonchev–Trinajstić information content (AvgIpc) is 2.62. The van der Waals surface area contributed by atoms with E-state index in [1.807, 2.05) is 13.8 Å². The van der Waals surface area contributed by atoms with E-state index in [-0.39, 0.29) is 29.7 Å². The van der Waals surface area contributed by atoms with Gasteiger partial charge >= 0.3 is 0 Å². The molecule has 0 heterocycles. The summed E-state index contributed by atoms with van der Waals surface area (Å²) in [6.07, 6.45) is 4.10. The summed E-state index contributed by atoms with van der Waals surface area (Å²) in [6, 6.07) is 0.166. The van der Waals surface area contributed by atoms with Crippen LogP contribution in [-0.2, 0) is 23.9 Å². The largest absolute Gasteiger partial charge is 0.384 e. The molecule has 150 valence electrons. The number of rotatable bonds is 12. The standard InChI is InChI=1S/C19H34N2O5/c1-14(2)19(24)15-4-6-16(7-5-15)21-18(23)9-12-26-13-10-20-17(22)8-11-25-3/h14-16H,4-13H2,1-3H3,(H,20,22)(H,21,23)/t15-,16+. The van der Waals surface area contributed by atoms with Crippen LogP contribution < -0.4 is 10.6 Å². The Kier molecular flexibility index (Phi) is 11.1. The van der Waals surface area contributed by atoms with Gasteiger partial charge in [-0.1, -0.05) is 13.8 Å². The van der Waals surface area contributed by atoms with Gasteiger partial charge in [-0.2, -0.15) is 0 Å². The Labute approximate surface area is 156 Å². The van der Waals surface area contributed by atoms with Crippen LogP contribution in [0.5, 0.6) is 0 Å². The summed E-state index contributed by atoms with van der Waals surface area (Å²) in [4.78, 5) is 35.3. The highest BCUT2D eigenvalue weighted by Gasteiger charge is 2.28. The van der Waals surface area contributed by atoms with Crippen molar-refractivity contribution in [3.63, 3.8) is 0 Å². The summed E-state index contributed by atoms with van der Waals surface area (Å²) in [5, 5.41) is 5.75. The molecule has 0 unspecified atom stereocenters. The molecular weight excluding hydrogens is 336 g/mol. The van der Waals surface area contributed by atoms with Crippen LogP contribution in [-0.4, -0.2) is 57.1 Å². The van der Waals surface area contributed by atoms with Crippen molar-refractivity contribution < 1.29 is 23.9 Å². The predicted octanol–water partition coefficient (Wildman–Crippen LogP) is 1.45. The van der Waals surface area contributed by atoms with Crippen LogP contribution in [0.2, 0.25) is 0 Å². The third-order valence-electron chi connectivity index (χ3n) is 4.64. The van der Waals surface area contributed by atoms with E-state index >= 15 is 0 Å². The molecule has 0 radical (unpaired) electrons. The summed E-state index contributed by atoms with van der Waals surface area (Å²) in [6.45, 7) is 5.44. The first-order valence-electron chi connectivity index (χ1n) is 9.60. The average molecular weight is 370 g/mol. The molecule has 0 bridgehead atoms. The smallest absolute Gasteiger partial charge is 0.222 e. The quantitative estimate of drug-likeness (QED) is 0.507. The summed E-state index contributed by atoms with van der Waals surface area (Å²) in [5.41, 5.74) is 0. The molecule has 0 aromatic carbocycles. The van der Waals surface area contributed by atoms with Crippen molar-refractivity contribution in [3.05, 3.63) is 0 Å². The van der Waals surface area contributed by atoms with E-state index in [2.05, 4.69) is 10.6 Å². The van der Waals surface area contributed by atoms with E-state index in [1.165, 1.54) is 0 Å². The third kappa shape index (κ3) is 9.29. The van der Waals surface area contributed by atoms with Crippen molar-refractivity contribution in [2.24, 2.45) is 11.8 Å². The Morgan fingerprint density at radius 3 is 2.23 bits per heavy atom. The molecule has 2 N–H and O–H groups in total. The van der Waals surface area contributed by atoms with Gasteiger partial charge < -0.3 is 20.1 Å². The molecule has 0 atom stereocenters. The van der Waals surface area contributed by atoms with Crippen LogP contribution in [0.1, 0.15) is 52.4 Å². The topological polar surface area (TPSA) is 93.7 Å². The molecule has 1 saturated carbocycles. The fourth-order valence-corrected chi connectivity index (χ4v) is 3.11. The Morgan fingerprint density at radius 1 is 0.962 bits per heavy atom. The minimum absolute atomic E-state index is 0.0206. The molecule has 0 aliphatic heterocycles. The van der Waals surface area contributed by atoms with Crippen LogP contribution >= 0.6 is 0 Å². The zero-order valence-electron chi connectivity index (χ0n) is 16.3. The number of methoxy groups -OCH3 is 1. The van der Waals surface area contributed by atoms with Gasteiger partial charge in [-0.3, -0.25) is 14.4 Å². The van der Waals surface area contributed by atoms with Gasteiger partial charge in [0.1, 0.15) is 5.78 Å². The van der Waals surface area contributed by atoms with Crippen LogP contribution in [0.25, 0.3) is 0 Å². The van der Waals surface area contributed by atoms with Gasteiger partial charge in [-0.15, -0.1) is 0 Å². The summed E-state index contributed by atoms with van der Waals surface area (Å²) < 4.78 is 10.2. The van der Waals surface area contributed by atoms with Crippen molar-refractivity contribution in [1.82, 2.24) is 10.6 Å². The molecule has 0 aromatic rings. The zero-order valence-corrected chi connectivity index (χ0v) is 16.3. The molecule has 1 rings (SSSR count). The number of nitrogens with one attached hydrogen (secondary N) is 2. The van der Waals surface area contributed by atoms with Crippen LogP contribution in [0.15, 0.2) is 0 Å². The normalized spacial score (nSPS) is 20.0. The number of hydrogen-bond acceptors (Lipinski definition) is 5. The number of carbonyl (C=O) groups excluding carboxylic acids is 3. The SMILES string of the molecule is COCCC(=O)NCCOCCC(=O)N[C@H]1CC[C@@H](C(=O)C(C)C)CC1. The van der Waals surface area contributed by atoms with Crippen molar-refractivity contribution in [1.29, 1.82) is 0 Å². The Hall–Kier alpha value is -1.47. The Balaban J connectivity index is 2.04. The van der Waals surface area contributed by atoms with Crippen LogP contribution in [0.4, 0.5) is 0 Å². The third-order valence-corrected chi connectivity index (χ3v) is 4.64. The molecule has 1 fully saturated rings. The summed E-state index contributed by atoms with van der Waals surface area (Å²) in [5.74, 6) is 0.503. The summed E-state index contributed by atoms with van der Waals surface area (Å²) >= 11 is 0. The van der Waals surface area contributed by atoms with Gasteiger partial charge in [0.2, 0.25) is 11.8 Å². The second kappa shape index (κ2) is 12.8. The lowest BCUT2D eigenvalue weighted by atomic mass is 9.80. The van der Waals surface area contributed by atoms with Gasteiger partial charge in [0.15, 0.2) is 0 Å². The van der Waals surface area contributed by atoms with Crippen molar-refractivity contribution >= 4 is 17.6 Å². The Bertz CT molecular complexity index is 445. The number of amides is 2. The number of ether oxygens (including phenoxy) is 2. The molecular formula is C19H34N2O5. The molecule has 7 nitrogen and oxygen atoms in total. The fourth-order valence-electron chi connectivity index (χ4n) is 3.11. The Morgan fingerprint density at radius 2 is 1.62 bits per heavy atom. The second-order valence-electron chi connectivity index (χ2n) is 7.13. The van der Waals surface area contributed by atoms with Crippen LogP contribution in [0, 0.1) is 11.8 Å². The van der Waals surface area contributed by atoms with Gasteiger partial charge in [0.05, 0.1) is 19.8 Å². The molecule has 0 saturated heterocycles. The van der Waals surface area contributed by atoms with Crippen molar-refractivity contribution in [3.8, 4) is 0 Å². The lowest BCUT2D eigenvalue weighted by molar-refractivity contribution is -0.127. The van der Waals surface area contributed by atoms with Gasteiger partial charge in [-0.25, -0.2) is 0 Å². The van der Waals surface area contributed by atoms with Crippen molar-refractivity contribution in [2.75, 3.05) is 33.5 Å². The number of Topliss-reactive ketones (excluding diaryl/α,β-unsaturated/α-hetero) is 1. The zero-order chi connectivity index (χ0) is 19.4. The number of hydrogen-bond donors (Lipinski definition) is 2. The monoisotopic (exact) mass is 370 g/mol. The molecule has 2 amide bonds. The molecule has 1 aliphatic carbocycles. The number of carbonyl (C=O) groups is 3. The molecule has 0 aromatic heterocycles. The second-order valence-corrected chi connectivity index (χ2v) is 7.13. The minimum atomic E-state index is -0.0697. The maximum Gasteiger partial charge on any atom is 0.222 e. The predicted molar refractivity (Wildman–Crippen MR) is 98.7 cm³/mol. The maximum atomic E-state index is 12.0. The molecule has 0 spiro atoms. The highest BCUT2D eigenvalue weighted by Crippen LogP contribution is 2.27. The maximum absolute atomic E-state index is 12.0. The first-order chi connectivity index (χ1) is 12.4. The highest BCUT2D eigenvalue weighted by atomic mass is 16.5. The van der Waals surface area contributed by atoms with Crippen LogP contribution in [0.3, 0.4) is 0 Å². The van der Waals surface area contributed by atoms with E-state index in [0.717, 1.165) is 25.7 Å². The van der Waals surface area contributed by atoms with E-state index in [1.54, 1.807) is 7.11 Å². The number of ketones is 1. The van der Waals surface area contributed by atoms with E-state index < -0.39 is 0 Å². The molecule has 1 aliphatic rings. The minimum Gasteiger partial charge on any atom is -0.384 e. The highest BCUT2D eigenvalue weighted by molar-refractivity contribution is 5.83. The van der Waals surface area contributed by atoms with Gasteiger partial charge in [0, 0.05) is 44.4 Å². The lowest BCUT2D eigenvalue weighted by Gasteiger charge is -2.29. The van der Waals surface area contributed by atoms with E-state index in [9.17, 15) is 14.4 Å². The first-order valence-corrected chi connectivity index (χ1v) is 9.60. The van der Waals surface area contributed by atoms with Gasteiger partial charge in [0.25, 0.3) is 0 Å². The lowest BCUT2D eigenvalue weighted by Crippen LogP contribution is -2.39.